The SMILES string of the molecule is N#C/C(=C\c1c(F)cccc1F)C(=O)Nc1ccc(F)cc1F. The fourth-order valence-electron chi connectivity index (χ4n) is 1.72. The first-order valence-corrected chi connectivity index (χ1v) is 6.24. The summed E-state index contributed by atoms with van der Waals surface area (Å²) in [5, 5.41) is 11.0. The lowest BCUT2D eigenvalue weighted by Crippen LogP contribution is -2.14. The number of nitrogens with one attached hydrogen (secondary N) is 1. The molecule has 3 nitrogen and oxygen atoms in total. The Kier molecular flexibility index (Phi) is 4.76. The van der Waals surface area contributed by atoms with Gasteiger partial charge in [-0.2, -0.15) is 5.26 Å². The first-order chi connectivity index (χ1) is 10.9. The van der Waals surface area contributed by atoms with Crippen LogP contribution in [0.1, 0.15) is 5.56 Å². The quantitative estimate of drug-likeness (QED) is 0.531. The molecule has 1 amide bonds. The van der Waals surface area contributed by atoms with E-state index in [4.69, 9.17) is 5.26 Å². The summed E-state index contributed by atoms with van der Waals surface area (Å²) in [5.74, 6) is -4.89. The maximum atomic E-state index is 13.5. The molecule has 0 atom stereocenters. The van der Waals surface area contributed by atoms with Gasteiger partial charge in [-0.05, 0) is 30.3 Å². The highest BCUT2D eigenvalue weighted by atomic mass is 19.1. The minimum Gasteiger partial charge on any atom is -0.319 e. The van der Waals surface area contributed by atoms with Crippen LogP contribution < -0.4 is 5.32 Å². The predicted octanol–water partition coefficient (Wildman–Crippen LogP) is 3.79. The van der Waals surface area contributed by atoms with Gasteiger partial charge in [0, 0.05) is 11.6 Å². The number of anilines is 1. The van der Waals surface area contributed by atoms with Gasteiger partial charge in [0.2, 0.25) is 0 Å². The Hall–Kier alpha value is -3.14. The van der Waals surface area contributed by atoms with Gasteiger partial charge >= 0.3 is 0 Å². The van der Waals surface area contributed by atoms with Crippen molar-refractivity contribution in [3.8, 4) is 6.07 Å². The standard InChI is InChI=1S/C16H8F4N2O/c17-10-4-5-15(14(20)7-10)22-16(23)9(8-21)6-11-12(18)2-1-3-13(11)19/h1-7H,(H,22,23)/b9-6+. The van der Waals surface area contributed by atoms with Crippen molar-refractivity contribution in [2.45, 2.75) is 0 Å². The highest BCUT2D eigenvalue weighted by Crippen LogP contribution is 2.19. The van der Waals surface area contributed by atoms with Crippen molar-refractivity contribution >= 4 is 17.7 Å². The van der Waals surface area contributed by atoms with Gasteiger partial charge in [-0.1, -0.05) is 6.07 Å². The number of amides is 1. The summed E-state index contributed by atoms with van der Waals surface area (Å²) < 4.78 is 53.3. The summed E-state index contributed by atoms with van der Waals surface area (Å²) in [4.78, 5) is 11.9. The molecule has 0 fully saturated rings. The second kappa shape index (κ2) is 6.75. The number of nitrogens with zero attached hydrogens (tertiary/aromatic N) is 1. The van der Waals surface area contributed by atoms with Gasteiger partial charge in [-0.3, -0.25) is 4.79 Å². The van der Waals surface area contributed by atoms with Crippen LogP contribution in [0, 0.1) is 34.6 Å². The summed E-state index contributed by atoms with van der Waals surface area (Å²) in [6, 6.07) is 6.93. The van der Waals surface area contributed by atoms with E-state index in [1.807, 2.05) is 5.32 Å². The Morgan fingerprint density at radius 2 is 1.70 bits per heavy atom. The molecule has 2 aromatic rings. The zero-order chi connectivity index (χ0) is 17.0. The molecular formula is C16H8F4N2O. The molecule has 0 aliphatic rings. The number of nitriles is 1. The van der Waals surface area contributed by atoms with Gasteiger partial charge in [0.25, 0.3) is 5.91 Å². The molecule has 0 bridgehead atoms. The number of carbonyl (C=O) groups is 1. The third-order valence-corrected chi connectivity index (χ3v) is 2.83. The fourth-order valence-corrected chi connectivity index (χ4v) is 1.72. The number of hydrogen-bond acceptors (Lipinski definition) is 2. The van der Waals surface area contributed by atoms with E-state index in [2.05, 4.69) is 0 Å². The molecule has 0 unspecified atom stereocenters. The molecule has 116 valence electrons. The van der Waals surface area contributed by atoms with E-state index in [0.29, 0.717) is 12.1 Å². The molecule has 7 heteroatoms. The summed E-state index contributed by atoms with van der Waals surface area (Å²) in [5.41, 5.74) is -1.58. The summed E-state index contributed by atoms with van der Waals surface area (Å²) in [7, 11) is 0. The van der Waals surface area contributed by atoms with E-state index in [-0.39, 0.29) is 5.69 Å². The van der Waals surface area contributed by atoms with Crippen molar-refractivity contribution in [1.29, 1.82) is 5.26 Å². The number of halogens is 4. The molecule has 0 spiro atoms. The monoisotopic (exact) mass is 320 g/mol. The van der Waals surface area contributed by atoms with Crippen LogP contribution in [0.15, 0.2) is 42.0 Å². The van der Waals surface area contributed by atoms with Gasteiger partial charge in [0.15, 0.2) is 0 Å². The zero-order valence-corrected chi connectivity index (χ0v) is 11.4. The molecule has 0 aliphatic carbocycles. The number of hydrogen-bond donors (Lipinski definition) is 1. The van der Waals surface area contributed by atoms with Gasteiger partial charge in [-0.15, -0.1) is 0 Å². The zero-order valence-electron chi connectivity index (χ0n) is 11.4. The summed E-state index contributed by atoms with van der Waals surface area (Å²) in [6.07, 6.45) is 0.710. The van der Waals surface area contributed by atoms with E-state index in [1.54, 1.807) is 0 Å². The normalized spacial score (nSPS) is 11.0. The van der Waals surface area contributed by atoms with Crippen molar-refractivity contribution in [2.75, 3.05) is 5.32 Å². The van der Waals surface area contributed by atoms with Gasteiger partial charge in [0.05, 0.1) is 5.69 Å². The fraction of sp³-hybridized carbons (Fsp3) is 0. The smallest absolute Gasteiger partial charge is 0.266 e. The first kappa shape index (κ1) is 16.2. The van der Waals surface area contributed by atoms with E-state index in [0.717, 1.165) is 30.3 Å². The van der Waals surface area contributed by atoms with Crippen molar-refractivity contribution in [1.82, 2.24) is 0 Å². The Balaban J connectivity index is 2.32. The lowest BCUT2D eigenvalue weighted by molar-refractivity contribution is -0.112. The minimum absolute atomic E-state index is 0.369. The second-order valence-corrected chi connectivity index (χ2v) is 4.38. The summed E-state index contributed by atoms with van der Waals surface area (Å²) >= 11 is 0. The lowest BCUT2D eigenvalue weighted by Gasteiger charge is -2.06. The van der Waals surface area contributed by atoms with E-state index < -0.39 is 40.3 Å². The Morgan fingerprint density at radius 3 is 2.26 bits per heavy atom. The maximum Gasteiger partial charge on any atom is 0.266 e. The van der Waals surface area contributed by atoms with Gasteiger partial charge in [-0.25, -0.2) is 17.6 Å². The van der Waals surface area contributed by atoms with Crippen LogP contribution in [0.3, 0.4) is 0 Å². The molecule has 0 radical (unpaired) electrons. The predicted molar refractivity (Wildman–Crippen MR) is 74.9 cm³/mol. The van der Waals surface area contributed by atoms with Crippen molar-refractivity contribution in [3.05, 3.63) is 70.8 Å². The second-order valence-electron chi connectivity index (χ2n) is 4.38. The molecule has 2 aromatic carbocycles. The van der Waals surface area contributed by atoms with Crippen LogP contribution in [0.4, 0.5) is 23.2 Å². The lowest BCUT2D eigenvalue weighted by atomic mass is 10.1. The molecular weight excluding hydrogens is 312 g/mol. The number of carbonyl (C=O) groups excluding carboxylic acids is 1. The third-order valence-electron chi connectivity index (χ3n) is 2.83. The first-order valence-electron chi connectivity index (χ1n) is 6.24. The number of rotatable bonds is 3. The molecule has 2 rings (SSSR count). The average molecular weight is 320 g/mol. The highest BCUT2D eigenvalue weighted by Gasteiger charge is 2.15. The van der Waals surface area contributed by atoms with Crippen LogP contribution in [0.25, 0.3) is 6.08 Å². The number of benzene rings is 2. The molecule has 0 aromatic heterocycles. The van der Waals surface area contributed by atoms with Gasteiger partial charge in [0.1, 0.15) is 34.9 Å². The van der Waals surface area contributed by atoms with Crippen molar-refractivity contribution in [2.24, 2.45) is 0 Å². The van der Waals surface area contributed by atoms with Crippen LogP contribution in [0.2, 0.25) is 0 Å². The molecule has 1 N–H and O–H groups in total. The minimum atomic E-state index is -1.08. The third kappa shape index (κ3) is 3.74. The largest absolute Gasteiger partial charge is 0.319 e. The van der Waals surface area contributed by atoms with Crippen molar-refractivity contribution < 1.29 is 22.4 Å². The van der Waals surface area contributed by atoms with Crippen molar-refractivity contribution in [3.63, 3.8) is 0 Å². The molecule has 0 saturated carbocycles. The van der Waals surface area contributed by atoms with Crippen LogP contribution in [-0.4, -0.2) is 5.91 Å². The molecule has 0 aliphatic heterocycles. The Bertz CT molecular complexity index is 820. The van der Waals surface area contributed by atoms with Gasteiger partial charge < -0.3 is 5.32 Å². The maximum absolute atomic E-state index is 13.5. The summed E-state index contributed by atoms with van der Waals surface area (Å²) in [6.45, 7) is 0. The molecule has 0 saturated heterocycles. The van der Waals surface area contributed by atoms with Crippen LogP contribution >= 0.6 is 0 Å². The molecule has 23 heavy (non-hydrogen) atoms. The van der Waals surface area contributed by atoms with E-state index in [1.165, 1.54) is 6.07 Å². The Morgan fingerprint density at radius 1 is 1.04 bits per heavy atom. The Labute approximate surface area is 128 Å². The average Bonchev–Trinajstić information content (AvgIpc) is 2.50. The van der Waals surface area contributed by atoms with Crippen LogP contribution in [-0.2, 0) is 4.79 Å². The molecule has 0 heterocycles. The highest BCUT2D eigenvalue weighted by molar-refractivity contribution is 6.09. The topological polar surface area (TPSA) is 52.9 Å². The van der Waals surface area contributed by atoms with Crippen LogP contribution in [0.5, 0.6) is 0 Å². The van der Waals surface area contributed by atoms with E-state index >= 15 is 0 Å². The van der Waals surface area contributed by atoms with E-state index in [9.17, 15) is 22.4 Å².